The van der Waals surface area contributed by atoms with Crippen LogP contribution in [0.25, 0.3) is 11.1 Å². The van der Waals surface area contributed by atoms with E-state index in [0.29, 0.717) is 17.9 Å². The highest BCUT2D eigenvalue weighted by atomic mass is 32.1. The lowest BCUT2D eigenvalue weighted by atomic mass is 9.82. The van der Waals surface area contributed by atoms with Gasteiger partial charge in [-0.15, -0.1) is 11.3 Å². The molecule has 40 heavy (non-hydrogen) atoms. The van der Waals surface area contributed by atoms with Crippen LogP contribution in [0.15, 0.2) is 29.8 Å². The number of carbonyl (C=O) groups is 1. The minimum absolute atomic E-state index is 0.249. The van der Waals surface area contributed by atoms with Gasteiger partial charge in [-0.25, -0.2) is 9.78 Å². The number of carboxylic acids is 1. The van der Waals surface area contributed by atoms with Gasteiger partial charge in [0.05, 0.1) is 29.1 Å². The predicted molar refractivity (Wildman–Crippen MR) is 162 cm³/mol. The Kier molecular flexibility index (Phi) is 8.90. The van der Waals surface area contributed by atoms with Crippen molar-refractivity contribution in [2.75, 3.05) is 24.6 Å². The van der Waals surface area contributed by atoms with Crippen molar-refractivity contribution in [3.8, 4) is 16.9 Å². The maximum absolute atomic E-state index is 12.7. The first kappa shape index (κ1) is 30.0. The number of aliphatic carboxylic acids is 1. The Bertz CT molecular complexity index is 1330. The summed E-state index contributed by atoms with van der Waals surface area (Å²) in [6, 6.07) is 8.07. The van der Waals surface area contributed by atoms with Crippen molar-refractivity contribution in [2.45, 2.75) is 86.4 Å². The minimum atomic E-state index is -1.13. The van der Waals surface area contributed by atoms with Crippen LogP contribution in [0.1, 0.15) is 81.1 Å². The van der Waals surface area contributed by atoms with Crippen molar-refractivity contribution in [3.63, 3.8) is 0 Å². The highest BCUT2D eigenvalue weighted by molar-refractivity contribution is 7.09. The van der Waals surface area contributed by atoms with Crippen LogP contribution in [-0.2, 0) is 16.0 Å². The first-order chi connectivity index (χ1) is 18.8. The van der Waals surface area contributed by atoms with E-state index in [9.17, 15) is 9.90 Å². The summed E-state index contributed by atoms with van der Waals surface area (Å²) < 4.78 is 12.2. The van der Waals surface area contributed by atoms with Gasteiger partial charge >= 0.3 is 5.97 Å². The molecule has 0 bridgehead atoms. The topological polar surface area (TPSA) is 84.8 Å². The zero-order chi connectivity index (χ0) is 29.2. The van der Waals surface area contributed by atoms with E-state index in [0.717, 1.165) is 66.3 Å². The van der Waals surface area contributed by atoms with Crippen molar-refractivity contribution in [3.05, 3.63) is 57.3 Å². The number of nitrogens with zero attached hydrogens (tertiary/aromatic N) is 3. The Hall–Kier alpha value is -2.97. The largest absolute Gasteiger partial charge is 0.493 e. The maximum atomic E-state index is 12.7. The lowest BCUT2D eigenvalue weighted by Gasteiger charge is -2.41. The Morgan fingerprint density at radius 1 is 1.07 bits per heavy atom. The van der Waals surface area contributed by atoms with Gasteiger partial charge in [0.15, 0.2) is 6.10 Å². The van der Waals surface area contributed by atoms with Crippen molar-refractivity contribution in [1.29, 1.82) is 0 Å². The molecule has 3 heterocycles. The van der Waals surface area contributed by atoms with Crippen molar-refractivity contribution < 1.29 is 19.4 Å². The summed E-state index contributed by atoms with van der Waals surface area (Å²) in [5.41, 5.74) is 7.60. The summed E-state index contributed by atoms with van der Waals surface area (Å²) in [6.07, 6.45) is 1.74. The number of rotatable bonds is 9. The third kappa shape index (κ3) is 7.02. The fourth-order valence-corrected chi connectivity index (χ4v) is 6.06. The van der Waals surface area contributed by atoms with Crippen LogP contribution in [-0.4, -0.2) is 46.3 Å². The van der Waals surface area contributed by atoms with E-state index < -0.39 is 17.7 Å². The van der Waals surface area contributed by atoms with E-state index in [1.54, 1.807) is 11.3 Å². The lowest BCUT2D eigenvalue weighted by molar-refractivity contribution is -0.160. The summed E-state index contributed by atoms with van der Waals surface area (Å²) in [4.78, 5) is 25.4. The predicted octanol–water partition coefficient (Wildman–Crippen LogP) is 7.32. The molecular formula is C32H43N3O4S. The molecule has 1 fully saturated rings. The van der Waals surface area contributed by atoms with Crippen LogP contribution >= 0.6 is 11.3 Å². The van der Waals surface area contributed by atoms with Gasteiger partial charge in [-0.1, -0.05) is 26.0 Å². The number of hydrogen-bond donors (Lipinski definition) is 1. The standard InChI is InChI=1S/C32H43N3O4S/c1-20-25(40-19-33-20)13-18-38-24-11-9-23(10-12-24)26-21(2)34-22(3)27(29(30(36)37)39-31(4,5)6)28(26)35-16-14-32(7,8)15-17-35/h9-12,19,29H,13-18H2,1-8H3,(H,36,37). The summed E-state index contributed by atoms with van der Waals surface area (Å²) in [5, 5.41) is 10.4. The highest BCUT2D eigenvalue weighted by Gasteiger charge is 2.36. The molecule has 2 aromatic heterocycles. The van der Waals surface area contributed by atoms with E-state index in [1.165, 1.54) is 4.88 Å². The van der Waals surface area contributed by atoms with Gasteiger partial charge in [0.25, 0.3) is 0 Å². The quantitative estimate of drug-likeness (QED) is 0.291. The number of piperidine rings is 1. The van der Waals surface area contributed by atoms with Gasteiger partial charge in [0.2, 0.25) is 0 Å². The summed E-state index contributed by atoms with van der Waals surface area (Å²) in [5.74, 6) is -0.210. The average molecular weight is 566 g/mol. The van der Waals surface area contributed by atoms with Crippen LogP contribution in [0, 0.1) is 26.2 Å². The molecule has 8 heteroatoms. The summed E-state index contributed by atoms with van der Waals surface area (Å²) in [6.45, 7) is 18.5. The fraction of sp³-hybridized carbons (Fsp3) is 0.531. The number of anilines is 1. The third-order valence-corrected chi connectivity index (χ3v) is 8.55. The Morgan fingerprint density at radius 3 is 2.27 bits per heavy atom. The second kappa shape index (κ2) is 11.9. The molecule has 4 rings (SSSR count). The molecule has 1 aliphatic rings. The molecule has 0 aliphatic carbocycles. The van der Waals surface area contributed by atoms with Crippen molar-refractivity contribution in [2.24, 2.45) is 5.41 Å². The molecule has 0 saturated carbocycles. The second-order valence-corrected chi connectivity index (χ2v) is 13.4. The van der Waals surface area contributed by atoms with E-state index >= 15 is 0 Å². The molecular weight excluding hydrogens is 522 g/mol. The zero-order valence-corrected chi connectivity index (χ0v) is 25.9. The number of aromatic nitrogens is 2. The van der Waals surface area contributed by atoms with E-state index in [2.05, 4.69) is 23.7 Å². The SMILES string of the molecule is Cc1ncsc1CCOc1ccc(-c2c(C)nc(C)c(C(OC(C)(C)C)C(=O)O)c2N2CCC(C)(C)CC2)cc1. The smallest absolute Gasteiger partial charge is 0.337 e. The molecule has 3 aromatic rings. The molecule has 1 N–H and O–H groups in total. The maximum Gasteiger partial charge on any atom is 0.337 e. The molecule has 0 amide bonds. The molecule has 0 spiro atoms. The molecule has 0 radical (unpaired) electrons. The van der Waals surface area contributed by atoms with Crippen LogP contribution in [0.5, 0.6) is 5.75 Å². The number of pyridine rings is 1. The Labute approximate surface area is 242 Å². The number of thiazole rings is 1. The van der Waals surface area contributed by atoms with Gasteiger partial charge in [-0.05, 0) is 77.5 Å². The lowest BCUT2D eigenvalue weighted by Crippen LogP contribution is -2.39. The van der Waals surface area contributed by atoms with E-state index in [-0.39, 0.29) is 5.41 Å². The number of aryl methyl sites for hydroxylation is 3. The first-order valence-corrected chi connectivity index (χ1v) is 14.9. The van der Waals surface area contributed by atoms with Gasteiger partial charge in [0, 0.05) is 46.9 Å². The van der Waals surface area contributed by atoms with Crippen molar-refractivity contribution in [1.82, 2.24) is 9.97 Å². The van der Waals surface area contributed by atoms with Gasteiger partial charge in [-0.2, -0.15) is 0 Å². The Morgan fingerprint density at radius 2 is 1.73 bits per heavy atom. The van der Waals surface area contributed by atoms with E-state index in [1.807, 2.05) is 71.3 Å². The molecule has 1 saturated heterocycles. The number of hydrogen-bond acceptors (Lipinski definition) is 7. The van der Waals surface area contributed by atoms with Crippen molar-refractivity contribution >= 4 is 23.0 Å². The fourth-order valence-electron chi connectivity index (χ4n) is 5.30. The van der Waals surface area contributed by atoms with Gasteiger partial charge in [0.1, 0.15) is 5.75 Å². The summed E-state index contributed by atoms with van der Waals surface area (Å²) >= 11 is 1.66. The third-order valence-electron chi connectivity index (χ3n) is 7.56. The highest BCUT2D eigenvalue weighted by Crippen LogP contribution is 2.45. The number of carboxylic acid groups (broad SMARTS) is 1. The van der Waals surface area contributed by atoms with Gasteiger partial charge in [-0.3, -0.25) is 4.98 Å². The normalized spacial score (nSPS) is 16.1. The summed E-state index contributed by atoms with van der Waals surface area (Å²) in [7, 11) is 0. The minimum Gasteiger partial charge on any atom is -0.493 e. The Balaban J connectivity index is 1.74. The van der Waals surface area contributed by atoms with Crippen LogP contribution in [0.4, 0.5) is 5.69 Å². The van der Waals surface area contributed by atoms with Crippen LogP contribution < -0.4 is 9.64 Å². The second-order valence-electron chi connectivity index (χ2n) is 12.5. The molecule has 1 unspecified atom stereocenters. The molecule has 1 aromatic carbocycles. The number of benzene rings is 1. The zero-order valence-electron chi connectivity index (χ0n) is 25.1. The number of ether oxygens (including phenoxy) is 2. The molecule has 216 valence electrons. The van der Waals surface area contributed by atoms with Crippen LogP contribution in [0.3, 0.4) is 0 Å². The van der Waals surface area contributed by atoms with E-state index in [4.69, 9.17) is 14.5 Å². The van der Waals surface area contributed by atoms with Crippen LogP contribution in [0.2, 0.25) is 0 Å². The molecule has 1 aliphatic heterocycles. The molecule has 7 nitrogen and oxygen atoms in total. The van der Waals surface area contributed by atoms with Gasteiger partial charge < -0.3 is 19.5 Å². The average Bonchev–Trinajstić information content (AvgIpc) is 3.27. The molecule has 1 atom stereocenters. The monoisotopic (exact) mass is 565 g/mol. The first-order valence-electron chi connectivity index (χ1n) is 14.0.